The van der Waals surface area contributed by atoms with Crippen molar-refractivity contribution in [3.63, 3.8) is 0 Å². The van der Waals surface area contributed by atoms with Crippen LogP contribution in [0.15, 0.2) is 112 Å². The molecular weight excluding hydrogens is 569 g/mol. The van der Waals surface area contributed by atoms with Gasteiger partial charge in [-0.15, -0.1) is 6.58 Å². The molecular formula is C34H25ClFN3O4. The van der Waals surface area contributed by atoms with Crippen molar-refractivity contribution in [2.45, 2.75) is 13.0 Å². The van der Waals surface area contributed by atoms with Crippen molar-refractivity contribution in [2.24, 2.45) is 5.10 Å². The van der Waals surface area contributed by atoms with Gasteiger partial charge in [0, 0.05) is 16.0 Å². The average molecular weight is 594 g/mol. The number of nitrogens with zero attached hydrogens (tertiary/aromatic N) is 3. The summed E-state index contributed by atoms with van der Waals surface area (Å²) in [7, 11) is 1.53. The first kappa shape index (κ1) is 27.9. The number of methoxy groups -OCH3 is 1. The molecule has 0 radical (unpaired) electrons. The fourth-order valence-electron chi connectivity index (χ4n) is 4.80. The van der Waals surface area contributed by atoms with Gasteiger partial charge in [0.25, 0.3) is 5.56 Å². The van der Waals surface area contributed by atoms with E-state index in [0.29, 0.717) is 56.3 Å². The molecule has 7 nitrogen and oxygen atoms in total. The zero-order chi connectivity index (χ0) is 29.9. The van der Waals surface area contributed by atoms with Gasteiger partial charge in [-0.25, -0.2) is 9.37 Å². The third-order valence-corrected chi connectivity index (χ3v) is 7.02. The molecule has 0 saturated heterocycles. The summed E-state index contributed by atoms with van der Waals surface area (Å²) in [5, 5.41) is 6.31. The van der Waals surface area contributed by atoms with Gasteiger partial charge < -0.3 is 13.9 Å². The number of hydrogen-bond acceptors (Lipinski definition) is 6. The third-order valence-electron chi connectivity index (χ3n) is 6.79. The second-order valence-electron chi connectivity index (χ2n) is 9.73. The van der Waals surface area contributed by atoms with Crippen LogP contribution in [0.1, 0.15) is 16.7 Å². The molecule has 0 atom stereocenters. The Bertz CT molecular complexity index is 2080. The SMILES string of the molecule is C=CCc1cc(C=Nn2c(-c3cc4cc(Cl)ccc4o3)nc3ccccc3c2=O)cc(OC)c1OCc1cccc(F)c1. The second-order valence-corrected chi connectivity index (χ2v) is 10.2. The van der Waals surface area contributed by atoms with Gasteiger partial charge in [0.15, 0.2) is 17.3 Å². The minimum Gasteiger partial charge on any atom is -0.493 e. The van der Waals surface area contributed by atoms with Crippen molar-refractivity contribution in [1.82, 2.24) is 9.66 Å². The van der Waals surface area contributed by atoms with Crippen molar-refractivity contribution in [3.8, 4) is 23.1 Å². The summed E-state index contributed by atoms with van der Waals surface area (Å²) in [5.74, 6) is 1.23. The van der Waals surface area contributed by atoms with Crippen molar-refractivity contribution in [2.75, 3.05) is 7.11 Å². The lowest BCUT2D eigenvalue weighted by atomic mass is 10.1. The molecule has 0 aliphatic rings. The summed E-state index contributed by atoms with van der Waals surface area (Å²) >= 11 is 6.18. The van der Waals surface area contributed by atoms with E-state index in [0.717, 1.165) is 10.9 Å². The minimum absolute atomic E-state index is 0.149. The number of rotatable bonds is 9. The Morgan fingerprint density at radius 1 is 1.07 bits per heavy atom. The molecule has 214 valence electrons. The molecule has 6 rings (SSSR count). The van der Waals surface area contributed by atoms with Gasteiger partial charge in [-0.1, -0.05) is 41.9 Å². The van der Waals surface area contributed by atoms with Gasteiger partial charge >= 0.3 is 0 Å². The molecule has 0 bridgehead atoms. The maximum Gasteiger partial charge on any atom is 0.282 e. The van der Waals surface area contributed by atoms with Crippen LogP contribution in [-0.4, -0.2) is 23.0 Å². The van der Waals surface area contributed by atoms with Gasteiger partial charge in [0.2, 0.25) is 5.82 Å². The van der Waals surface area contributed by atoms with E-state index < -0.39 is 0 Å². The lowest BCUT2D eigenvalue weighted by molar-refractivity contribution is 0.281. The highest BCUT2D eigenvalue weighted by molar-refractivity contribution is 6.31. The Labute approximate surface area is 251 Å². The van der Waals surface area contributed by atoms with E-state index in [2.05, 4.69) is 11.7 Å². The molecule has 0 fully saturated rings. The van der Waals surface area contributed by atoms with Gasteiger partial charge in [-0.3, -0.25) is 4.79 Å². The lowest BCUT2D eigenvalue weighted by Crippen LogP contribution is -2.20. The number of ether oxygens (including phenoxy) is 2. The average Bonchev–Trinajstić information content (AvgIpc) is 3.43. The standard InChI is InChI=1S/C34H25ClFN3O4/c1-3-7-23-14-22(16-30(41-2)32(23)42-20-21-8-6-9-26(36)15-21)19-37-39-33(38-28-11-5-4-10-27(28)34(39)40)31-18-24-17-25(35)12-13-29(24)43-31/h3-6,8-19H,1,7,20H2,2H3. The van der Waals surface area contributed by atoms with Crippen LogP contribution in [0, 0.1) is 5.82 Å². The number of halogens is 2. The number of furan rings is 1. The normalized spacial score (nSPS) is 11.4. The summed E-state index contributed by atoms with van der Waals surface area (Å²) in [6, 6.07) is 24.0. The van der Waals surface area contributed by atoms with Crippen LogP contribution in [0.2, 0.25) is 5.02 Å². The van der Waals surface area contributed by atoms with E-state index in [-0.39, 0.29) is 23.8 Å². The summed E-state index contributed by atoms with van der Waals surface area (Å²) in [6.07, 6.45) is 3.77. The van der Waals surface area contributed by atoms with Crippen molar-refractivity contribution >= 4 is 39.7 Å². The van der Waals surface area contributed by atoms with Gasteiger partial charge in [-0.2, -0.15) is 9.78 Å². The Morgan fingerprint density at radius 2 is 1.93 bits per heavy atom. The fourth-order valence-corrected chi connectivity index (χ4v) is 4.98. The Hall–Kier alpha value is -5.21. The van der Waals surface area contributed by atoms with Crippen LogP contribution in [-0.2, 0) is 13.0 Å². The monoisotopic (exact) mass is 593 g/mol. The summed E-state index contributed by atoms with van der Waals surface area (Å²) in [5.41, 5.74) is 2.87. The highest BCUT2D eigenvalue weighted by Crippen LogP contribution is 2.34. The Morgan fingerprint density at radius 3 is 2.74 bits per heavy atom. The number of allylic oxidation sites excluding steroid dienone is 1. The molecule has 0 unspecified atom stereocenters. The number of aromatic nitrogens is 2. The molecule has 43 heavy (non-hydrogen) atoms. The van der Waals surface area contributed by atoms with E-state index in [4.69, 9.17) is 30.5 Å². The summed E-state index contributed by atoms with van der Waals surface area (Å²) < 4.78 is 32.7. The van der Waals surface area contributed by atoms with Gasteiger partial charge in [-0.05, 0) is 78.2 Å². The van der Waals surface area contributed by atoms with Crippen LogP contribution >= 0.6 is 11.6 Å². The zero-order valence-electron chi connectivity index (χ0n) is 23.1. The Kier molecular flexibility index (Phi) is 7.77. The topological polar surface area (TPSA) is 78.9 Å². The first-order chi connectivity index (χ1) is 20.9. The zero-order valence-corrected chi connectivity index (χ0v) is 23.8. The molecule has 2 aromatic heterocycles. The number of hydrogen-bond donors (Lipinski definition) is 0. The van der Waals surface area contributed by atoms with Crippen LogP contribution < -0.4 is 15.0 Å². The van der Waals surface area contributed by atoms with Crippen molar-refractivity contribution < 1.29 is 18.3 Å². The first-order valence-electron chi connectivity index (χ1n) is 13.4. The number of fused-ring (bicyclic) bond motifs is 2. The maximum atomic E-state index is 13.7. The molecule has 0 amide bonds. The van der Waals surface area contributed by atoms with Crippen LogP contribution in [0.3, 0.4) is 0 Å². The quantitative estimate of drug-likeness (QED) is 0.126. The van der Waals surface area contributed by atoms with E-state index in [1.54, 1.807) is 73.0 Å². The molecule has 2 heterocycles. The van der Waals surface area contributed by atoms with E-state index in [1.807, 2.05) is 12.1 Å². The third kappa shape index (κ3) is 5.78. The summed E-state index contributed by atoms with van der Waals surface area (Å²) in [4.78, 5) is 18.4. The van der Waals surface area contributed by atoms with E-state index in [9.17, 15) is 9.18 Å². The highest BCUT2D eigenvalue weighted by Gasteiger charge is 2.17. The molecule has 0 aliphatic heterocycles. The molecule has 9 heteroatoms. The van der Waals surface area contributed by atoms with Crippen LogP contribution in [0.25, 0.3) is 33.5 Å². The fraction of sp³-hybridized carbons (Fsp3) is 0.0882. The molecule has 4 aromatic carbocycles. The van der Waals surface area contributed by atoms with E-state index >= 15 is 0 Å². The maximum absolute atomic E-state index is 13.7. The van der Waals surface area contributed by atoms with Crippen molar-refractivity contribution in [1.29, 1.82) is 0 Å². The molecule has 0 N–H and O–H groups in total. The first-order valence-corrected chi connectivity index (χ1v) is 13.8. The van der Waals surface area contributed by atoms with E-state index in [1.165, 1.54) is 23.9 Å². The summed E-state index contributed by atoms with van der Waals surface area (Å²) in [6.45, 7) is 4.01. The smallest absolute Gasteiger partial charge is 0.282 e. The van der Waals surface area contributed by atoms with Crippen LogP contribution in [0.4, 0.5) is 4.39 Å². The molecule has 6 aromatic rings. The van der Waals surface area contributed by atoms with Crippen molar-refractivity contribution in [3.05, 3.63) is 135 Å². The van der Waals surface area contributed by atoms with Gasteiger partial charge in [0.05, 0.1) is 24.2 Å². The minimum atomic E-state index is -0.358. The molecule has 0 spiro atoms. The second kappa shape index (κ2) is 12.0. The predicted molar refractivity (Wildman–Crippen MR) is 167 cm³/mol. The van der Waals surface area contributed by atoms with Crippen LogP contribution in [0.5, 0.6) is 11.5 Å². The molecule has 0 saturated carbocycles. The largest absolute Gasteiger partial charge is 0.493 e. The highest BCUT2D eigenvalue weighted by atomic mass is 35.5. The number of benzene rings is 4. The van der Waals surface area contributed by atoms with Gasteiger partial charge in [0.1, 0.15) is 18.0 Å². The lowest BCUT2D eigenvalue weighted by Gasteiger charge is -2.16. The molecule has 0 aliphatic carbocycles. The Balaban J connectivity index is 1.43. The number of para-hydroxylation sites is 1. The predicted octanol–water partition coefficient (Wildman–Crippen LogP) is 7.80.